The van der Waals surface area contributed by atoms with Gasteiger partial charge in [0.05, 0.1) is 11.5 Å². The predicted octanol–water partition coefficient (Wildman–Crippen LogP) is 4.01. The molecule has 130 valence electrons. The van der Waals surface area contributed by atoms with Crippen molar-refractivity contribution in [1.29, 1.82) is 0 Å². The van der Waals surface area contributed by atoms with Crippen molar-refractivity contribution in [3.05, 3.63) is 60.2 Å². The summed E-state index contributed by atoms with van der Waals surface area (Å²) >= 11 is 0. The van der Waals surface area contributed by atoms with Crippen molar-refractivity contribution >= 4 is 5.91 Å². The number of carbonyl (C=O) groups is 1. The van der Waals surface area contributed by atoms with Crippen LogP contribution in [0.4, 0.5) is 0 Å². The van der Waals surface area contributed by atoms with Crippen molar-refractivity contribution in [2.24, 2.45) is 5.41 Å². The maximum atomic E-state index is 13.3. The van der Waals surface area contributed by atoms with Gasteiger partial charge in [0.1, 0.15) is 0 Å². The Labute approximate surface area is 146 Å². The number of ether oxygens (including phenoxy) is 1. The van der Waals surface area contributed by atoms with Crippen LogP contribution in [0, 0.1) is 5.41 Å². The third-order valence-corrected chi connectivity index (χ3v) is 4.96. The maximum Gasteiger partial charge on any atom is 0.232 e. The van der Waals surface area contributed by atoms with Crippen molar-refractivity contribution < 1.29 is 9.53 Å². The molecule has 1 aliphatic heterocycles. The first-order valence-corrected chi connectivity index (χ1v) is 8.68. The van der Waals surface area contributed by atoms with E-state index in [1.807, 2.05) is 50.1 Å². The lowest BCUT2D eigenvalue weighted by atomic mass is 9.76. The molecule has 3 heteroatoms. The number of allylic oxidation sites excluding steroid dienone is 2. The number of hydrogen-bond donors (Lipinski definition) is 0. The van der Waals surface area contributed by atoms with Crippen molar-refractivity contribution in [3.8, 4) is 0 Å². The van der Waals surface area contributed by atoms with E-state index in [1.165, 1.54) is 0 Å². The SMILES string of the molecule is C=CC=C(C)C(C)(Cc1ccccc1)C(=O)N(C)CC1CCCO1. The Bertz CT molecular complexity index is 587. The van der Waals surface area contributed by atoms with Crippen LogP contribution in [0.15, 0.2) is 54.6 Å². The smallest absolute Gasteiger partial charge is 0.232 e. The highest BCUT2D eigenvalue weighted by Crippen LogP contribution is 2.33. The van der Waals surface area contributed by atoms with Gasteiger partial charge in [-0.05, 0) is 38.7 Å². The normalized spacial score (nSPS) is 20.5. The molecule has 1 aliphatic rings. The van der Waals surface area contributed by atoms with Crippen LogP contribution in [-0.2, 0) is 16.0 Å². The molecular formula is C21H29NO2. The van der Waals surface area contributed by atoms with Crippen LogP contribution >= 0.6 is 0 Å². The summed E-state index contributed by atoms with van der Waals surface area (Å²) in [6.07, 6.45) is 6.67. The number of amides is 1. The highest BCUT2D eigenvalue weighted by Gasteiger charge is 2.38. The van der Waals surface area contributed by atoms with Gasteiger partial charge in [0.2, 0.25) is 5.91 Å². The summed E-state index contributed by atoms with van der Waals surface area (Å²) in [5.74, 6) is 0.137. The topological polar surface area (TPSA) is 29.5 Å². The first-order valence-electron chi connectivity index (χ1n) is 8.68. The predicted molar refractivity (Wildman–Crippen MR) is 98.8 cm³/mol. The van der Waals surface area contributed by atoms with Crippen LogP contribution in [0.3, 0.4) is 0 Å². The van der Waals surface area contributed by atoms with Gasteiger partial charge in [-0.1, -0.05) is 54.6 Å². The molecule has 1 aromatic rings. The molecule has 0 bridgehead atoms. The number of nitrogens with zero attached hydrogens (tertiary/aromatic N) is 1. The molecule has 1 saturated heterocycles. The second-order valence-corrected chi connectivity index (χ2v) is 6.90. The number of carbonyl (C=O) groups excluding carboxylic acids is 1. The van der Waals surface area contributed by atoms with E-state index in [0.717, 1.165) is 30.6 Å². The van der Waals surface area contributed by atoms with E-state index in [4.69, 9.17) is 4.74 Å². The van der Waals surface area contributed by atoms with E-state index >= 15 is 0 Å². The van der Waals surface area contributed by atoms with Gasteiger partial charge in [-0.3, -0.25) is 4.79 Å². The van der Waals surface area contributed by atoms with Gasteiger partial charge in [-0.15, -0.1) is 0 Å². The Kier molecular flexibility index (Phi) is 6.38. The lowest BCUT2D eigenvalue weighted by Gasteiger charge is -2.35. The zero-order valence-corrected chi connectivity index (χ0v) is 15.1. The number of likely N-dealkylation sites (N-methyl/N-ethyl adjacent to an activating group) is 1. The molecule has 3 nitrogen and oxygen atoms in total. The van der Waals surface area contributed by atoms with Gasteiger partial charge >= 0.3 is 0 Å². The minimum atomic E-state index is -0.580. The van der Waals surface area contributed by atoms with Gasteiger partial charge in [0.15, 0.2) is 0 Å². The number of benzene rings is 1. The van der Waals surface area contributed by atoms with E-state index in [1.54, 1.807) is 6.08 Å². The minimum absolute atomic E-state index is 0.137. The summed E-state index contributed by atoms with van der Waals surface area (Å²) in [5.41, 5.74) is 1.62. The molecule has 1 aromatic carbocycles. The molecule has 0 spiro atoms. The maximum absolute atomic E-state index is 13.3. The Hall–Kier alpha value is -1.87. The van der Waals surface area contributed by atoms with Crippen LogP contribution in [0.1, 0.15) is 32.3 Å². The van der Waals surface area contributed by atoms with Crippen molar-refractivity contribution in [2.75, 3.05) is 20.2 Å². The molecule has 2 unspecified atom stereocenters. The van der Waals surface area contributed by atoms with Crippen LogP contribution < -0.4 is 0 Å². The Balaban J connectivity index is 2.21. The fourth-order valence-electron chi connectivity index (χ4n) is 3.35. The Morgan fingerprint density at radius 2 is 2.12 bits per heavy atom. The average molecular weight is 327 g/mol. The summed E-state index contributed by atoms with van der Waals surface area (Å²) in [5, 5.41) is 0. The first kappa shape index (κ1) is 18.5. The highest BCUT2D eigenvalue weighted by molar-refractivity contribution is 5.85. The molecule has 1 fully saturated rings. The van der Waals surface area contributed by atoms with Gasteiger partial charge in [0, 0.05) is 20.2 Å². The zero-order valence-electron chi connectivity index (χ0n) is 15.1. The first-order chi connectivity index (χ1) is 11.5. The van der Waals surface area contributed by atoms with Gasteiger partial charge < -0.3 is 9.64 Å². The molecule has 0 saturated carbocycles. The molecule has 0 N–H and O–H groups in total. The standard InChI is InChI=1S/C21H29NO2/c1-5-10-17(2)21(3,15-18-11-7-6-8-12-18)20(23)22(4)16-19-13-9-14-24-19/h5-8,10-12,19H,1,9,13-16H2,2-4H3. The summed E-state index contributed by atoms with van der Waals surface area (Å²) in [4.78, 5) is 15.1. The molecule has 0 radical (unpaired) electrons. The molecule has 0 aliphatic carbocycles. The second kappa shape index (κ2) is 8.29. The molecular weight excluding hydrogens is 298 g/mol. The molecule has 1 amide bonds. The van der Waals surface area contributed by atoms with Gasteiger partial charge in [-0.2, -0.15) is 0 Å². The molecule has 2 rings (SSSR count). The quantitative estimate of drug-likeness (QED) is 0.708. The average Bonchev–Trinajstić information content (AvgIpc) is 3.08. The van der Waals surface area contributed by atoms with Crippen molar-refractivity contribution in [1.82, 2.24) is 4.90 Å². The monoisotopic (exact) mass is 327 g/mol. The van der Waals surface area contributed by atoms with Crippen LogP contribution in [-0.4, -0.2) is 37.1 Å². The fourth-order valence-corrected chi connectivity index (χ4v) is 3.35. The lowest BCUT2D eigenvalue weighted by molar-refractivity contribution is -0.139. The minimum Gasteiger partial charge on any atom is -0.376 e. The molecule has 0 aromatic heterocycles. The van der Waals surface area contributed by atoms with E-state index in [-0.39, 0.29) is 12.0 Å². The van der Waals surface area contributed by atoms with E-state index in [9.17, 15) is 4.79 Å². The van der Waals surface area contributed by atoms with E-state index in [2.05, 4.69) is 18.7 Å². The summed E-state index contributed by atoms with van der Waals surface area (Å²) in [6.45, 7) is 9.30. The third kappa shape index (κ3) is 4.35. The molecule has 24 heavy (non-hydrogen) atoms. The zero-order chi connectivity index (χ0) is 17.6. The number of hydrogen-bond acceptors (Lipinski definition) is 2. The molecule has 1 heterocycles. The van der Waals surface area contributed by atoms with E-state index in [0.29, 0.717) is 13.0 Å². The van der Waals surface area contributed by atoms with Gasteiger partial charge in [0.25, 0.3) is 0 Å². The summed E-state index contributed by atoms with van der Waals surface area (Å²) < 4.78 is 5.69. The number of rotatable bonds is 7. The largest absolute Gasteiger partial charge is 0.376 e. The van der Waals surface area contributed by atoms with Crippen LogP contribution in [0.25, 0.3) is 0 Å². The summed E-state index contributed by atoms with van der Waals surface area (Å²) in [7, 11) is 1.88. The second-order valence-electron chi connectivity index (χ2n) is 6.90. The third-order valence-electron chi connectivity index (χ3n) is 4.96. The van der Waals surface area contributed by atoms with Gasteiger partial charge in [-0.25, -0.2) is 0 Å². The molecule has 2 atom stereocenters. The lowest BCUT2D eigenvalue weighted by Crippen LogP contribution is -2.45. The Morgan fingerprint density at radius 3 is 2.71 bits per heavy atom. The van der Waals surface area contributed by atoms with E-state index < -0.39 is 5.41 Å². The Morgan fingerprint density at radius 1 is 1.42 bits per heavy atom. The highest BCUT2D eigenvalue weighted by atomic mass is 16.5. The van der Waals surface area contributed by atoms with Crippen molar-refractivity contribution in [2.45, 2.75) is 39.2 Å². The fraction of sp³-hybridized carbons (Fsp3) is 0.476. The van der Waals surface area contributed by atoms with Crippen molar-refractivity contribution in [3.63, 3.8) is 0 Å². The summed E-state index contributed by atoms with van der Waals surface area (Å²) in [6, 6.07) is 10.2. The van der Waals surface area contributed by atoms with Crippen LogP contribution in [0.2, 0.25) is 0 Å². The van der Waals surface area contributed by atoms with Crippen LogP contribution in [0.5, 0.6) is 0 Å².